The van der Waals surface area contributed by atoms with Gasteiger partial charge in [0.25, 0.3) is 5.24 Å². The van der Waals surface area contributed by atoms with Crippen LogP contribution in [0.15, 0.2) is 16.3 Å². The Morgan fingerprint density at radius 3 is 0.701 bits per heavy atom. The third-order valence-corrected chi connectivity index (χ3v) is 20.7. The van der Waals surface area contributed by atoms with Crippen molar-refractivity contribution >= 4 is 117 Å². The van der Waals surface area contributed by atoms with E-state index in [0.717, 1.165) is 131 Å². The average molecular weight is 2340 g/mol. The lowest BCUT2D eigenvalue weighted by molar-refractivity contribution is 0.0479. The van der Waals surface area contributed by atoms with Gasteiger partial charge in [-0.25, -0.2) is 147 Å². The van der Waals surface area contributed by atoms with Crippen molar-refractivity contribution in [3.05, 3.63) is 251 Å². The summed E-state index contributed by atoms with van der Waals surface area (Å²) in [5, 5.41) is 37.9. The number of benzene rings is 7. The summed E-state index contributed by atoms with van der Waals surface area (Å²) in [6.45, 7) is 6.18. The fourth-order valence-corrected chi connectivity index (χ4v) is 13.0. The van der Waals surface area contributed by atoms with Crippen molar-refractivity contribution in [1.29, 1.82) is 0 Å². The normalized spacial score (nSPS) is 10.4. The number of azide groups is 2. The molecule has 0 saturated heterocycles. The van der Waals surface area contributed by atoms with Crippen LogP contribution >= 0.6 is 55.6 Å². The first-order chi connectivity index (χ1) is 68.2. The molecule has 22 nitrogen and oxygen atoms in total. The highest BCUT2D eigenvalue weighted by molar-refractivity contribution is 14.1. The lowest BCUT2D eigenvalue weighted by Gasteiger charge is -2.11. The number of unbranched alkanes of at least 4 members (excludes halogenated alkanes) is 27. The number of rotatable bonds is 46. The number of hydrogen-bond donors (Lipinski definition) is 4. The van der Waals surface area contributed by atoms with Crippen LogP contribution in [-0.4, -0.2) is 110 Å². The molecular formula is C94H107Cl3F26IN6O16S+. The zero-order chi connectivity index (χ0) is 111. The number of aliphatic hydroxyl groups excluding tert-OH is 2. The third-order valence-electron chi connectivity index (χ3n) is 20.5. The van der Waals surface area contributed by atoms with Gasteiger partial charge in [-0.1, -0.05) is 202 Å². The van der Waals surface area contributed by atoms with Crippen molar-refractivity contribution in [2.45, 2.75) is 249 Å². The number of alkyl halides is 1. The van der Waals surface area contributed by atoms with E-state index in [1.165, 1.54) is 51.4 Å². The zero-order valence-corrected chi connectivity index (χ0v) is 83.4. The fourth-order valence-electron chi connectivity index (χ4n) is 12.8. The van der Waals surface area contributed by atoms with Gasteiger partial charge in [0, 0.05) is 77.8 Å². The largest absolute Gasteiger partial charge is 1.00 e. The molecule has 4 N–H and O–H groups in total. The van der Waals surface area contributed by atoms with E-state index in [-0.39, 0.29) is 48.8 Å². The second kappa shape index (κ2) is 74.4. The Labute approximate surface area is 859 Å². The van der Waals surface area contributed by atoms with Crippen LogP contribution in [0.3, 0.4) is 0 Å². The zero-order valence-electron chi connectivity index (χ0n) is 79.2. The van der Waals surface area contributed by atoms with Gasteiger partial charge in [-0.2, -0.15) is 0 Å². The van der Waals surface area contributed by atoms with Crippen molar-refractivity contribution in [3.8, 4) is 0 Å². The molecule has 0 aromatic heterocycles. The quantitative estimate of drug-likeness (QED) is 0.00224. The van der Waals surface area contributed by atoms with Crippen LogP contribution in [-0.2, 0) is 28.2 Å². The molecule has 0 aliphatic rings. The van der Waals surface area contributed by atoms with Crippen LogP contribution < -0.4 is 0 Å². The molecule has 0 spiro atoms. The van der Waals surface area contributed by atoms with Gasteiger partial charge >= 0.3 is 37.2 Å². The lowest BCUT2D eigenvalue weighted by Crippen LogP contribution is -2.15. The van der Waals surface area contributed by atoms with Crippen molar-refractivity contribution < 1.29 is 193 Å². The van der Waals surface area contributed by atoms with Gasteiger partial charge in [0.1, 0.15) is 56.4 Å². The van der Waals surface area contributed by atoms with E-state index in [2.05, 4.69) is 64.0 Å². The monoisotopic (exact) mass is 2330 g/mol. The van der Waals surface area contributed by atoms with Gasteiger partial charge in [0.2, 0.25) is 9.23 Å². The molecule has 7 rings (SSSR count). The van der Waals surface area contributed by atoms with E-state index >= 15 is 0 Å². The molecule has 0 radical (unpaired) electrons. The predicted octanol–water partition coefficient (Wildman–Crippen LogP) is 31.7. The molecule has 0 unspecified atom stereocenters. The molecule has 0 fully saturated rings. The van der Waals surface area contributed by atoms with Crippen LogP contribution in [0.5, 0.6) is 0 Å². The second-order valence-electron chi connectivity index (χ2n) is 30.5. The van der Waals surface area contributed by atoms with Gasteiger partial charge < -0.3 is 39.4 Å². The number of hydrogen-bond acceptors (Lipinski definition) is 16. The van der Waals surface area contributed by atoms with E-state index in [9.17, 15) is 148 Å². The van der Waals surface area contributed by atoms with E-state index < -0.39 is 285 Å². The SMILES string of the molecule is C.C.CI.Cc1c(F)c(F)c(F)c(F)c1C(=O)Cl.Cc1c(F)c(F)c(F)c(F)c1C(=O)O.Cc1c(F)c(F)c(F)c(F)c1C(=O)OCCCCCCCCCCCCOC(=O)c1c(C)c(F)c(F)c(F)c1F.Cc1c(F)c(N=[N+]=[N-])c(F)c(F)c1C(=O)OCCCCCCCCCCCCOC(=O)c1c(C)c(F)c(N=[N+]=[N-])c(F)c1F.O=C(O)c1cc(F)c(F)c(F)c1F.O=S(Cl)Cl.OCCCCCCCCCCCCO.[H+]. The lowest BCUT2D eigenvalue weighted by atomic mass is 10.1. The summed E-state index contributed by atoms with van der Waals surface area (Å²) in [5.41, 5.74) is 3.53. The van der Waals surface area contributed by atoms with Gasteiger partial charge in [-0.3, -0.25) is 4.79 Å². The molecule has 0 aliphatic carbocycles. The molecule has 7 aromatic carbocycles. The summed E-state index contributed by atoms with van der Waals surface area (Å²) in [7, 11) is 7.36. The molecule has 824 valence electrons. The Morgan fingerprint density at radius 2 is 0.483 bits per heavy atom. The van der Waals surface area contributed by atoms with Gasteiger partial charge in [0.05, 0.1) is 32.0 Å². The van der Waals surface area contributed by atoms with Crippen molar-refractivity contribution in [3.63, 3.8) is 0 Å². The van der Waals surface area contributed by atoms with Crippen LogP contribution in [0.4, 0.5) is 126 Å². The minimum Gasteiger partial charge on any atom is -0.478 e. The van der Waals surface area contributed by atoms with Crippen LogP contribution in [0.2, 0.25) is 0 Å². The van der Waals surface area contributed by atoms with Crippen LogP contribution in [0.1, 0.15) is 315 Å². The number of aromatic carboxylic acids is 2. The topological polar surface area (TPSA) is 352 Å². The number of halogens is 30. The molecule has 0 heterocycles. The first-order valence-electron chi connectivity index (χ1n) is 43.5. The number of carboxylic acid groups (broad SMARTS) is 2. The molecule has 0 aliphatic heterocycles. The maximum atomic E-state index is 14.2. The first kappa shape index (κ1) is 141. The smallest absolute Gasteiger partial charge is 0.478 e. The van der Waals surface area contributed by atoms with E-state index in [0.29, 0.717) is 64.6 Å². The second-order valence-corrected chi connectivity index (χ2v) is 33.4. The third kappa shape index (κ3) is 44.7. The summed E-state index contributed by atoms with van der Waals surface area (Å²) >= 11 is 7.03. The molecule has 7 aromatic rings. The summed E-state index contributed by atoms with van der Waals surface area (Å²) in [4.78, 5) is 85.8. The molecule has 147 heavy (non-hydrogen) atoms. The number of esters is 4. The molecule has 0 bridgehead atoms. The molecule has 0 saturated carbocycles. The molecule has 53 heteroatoms. The van der Waals surface area contributed by atoms with E-state index in [1.54, 1.807) is 0 Å². The Morgan fingerprint density at radius 1 is 0.299 bits per heavy atom. The van der Waals surface area contributed by atoms with Gasteiger partial charge in [-0.05, 0) is 114 Å². The number of carbonyl (C=O) groups excluding carboxylic acids is 5. The highest BCUT2D eigenvalue weighted by atomic mass is 127. The van der Waals surface area contributed by atoms with E-state index in [1.807, 2.05) is 4.93 Å². The summed E-state index contributed by atoms with van der Waals surface area (Å²) in [6.07, 6.45) is 27.6. The van der Waals surface area contributed by atoms with Crippen molar-refractivity contribution in [2.75, 3.05) is 44.6 Å². The maximum Gasteiger partial charge on any atom is 1.00 e. The van der Waals surface area contributed by atoms with Crippen molar-refractivity contribution in [2.24, 2.45) is 10.2 Å². The number of nitrogens with zero attached hydrogens (tertiary/aromatic N) is 6. The predicted molar refractivity (Wildman–Crippen MR) is 502 cm³/mol. The van der Waals surface area contributed by atoms with E-state index in [4.69, 9.17) is 66.2 Å². The number of carboxylic acids is 2. The standard InChI is InChI=1S/C28H30F8O4.C28H30F6N6O4.C12H26O2.C8H3ClF4O.C8H4F4O2.C7H2F4O2.CH3I.2CH4.Cl2OS/c1-15-17(21(31)25(35)23(33)19(15)29)27(37)39-13-11-9-7-5-3-4-6-8-10-12-14-40-28(38)18-16(2)20(30)24(34)26(36)22(18)32;1-15-17(21(31)23(33)25(19(15)29)37-39-35)27(41)43-13-11-9-7-5-3-4-6-8-10-12-14-44-28(42)18-16(2)20(30)26(38-40-36)24(34)22(18)32;13-11-9-7-5-3-1-2-4-6-8-10-12-14;1-2-3(8(9)14)5(11)7(13)6(12)4(2)10;1-2-3(8(13)14)5(10)7(12)6(11)4(2)9;8-3-1-2(7(12)13)4(9)6(11)5(3)10;1-2;;;1-4(2)3/h3-14H2,1-2H3;3-14H2,1-2H3;13-14H,1-12H2;1H3;1H3,(H,13,14);1H,(H,12,13);1H3;2*1H4;/p+1. The Bertz CT molecular complexity index is 5220. The van der Waals surface area contributed by atoms with Crippen molar-refractivity contribution in [1.82, 2.24) is 0 Å². The van der Waals surface area contributed by atoms with Gasteiger partial charge in [-0.15, -0.1) is 0 Å². The van der Waals surface area contributed by atoms with Crippen LogP contribution in [0, 0.1) is 193 Å². The highest BCUT2D eigenvalue weighted by Gasteiger charge is 2.34. The summed E-state index contributed by atoms with van der Waals surface area (Å²) in [5.74, 6) is -56.1. The Hall–Kier alpha value is -10.5. The molecule has 0 atom stereocenters. The average Bonchev–Trinajstić information content (AvgIpc) is 0.784. The first-order valence-corrected chi connectivity index (χ1v) is 48.8. The maximum absolute atomic E-state index is 14.2. The number of carbonyl (C=O) groups is 7. The molecular weight excluding hydrogens is 2230 g/mol. The van der Waals surface area contributed by atoms with Gasteiger partial charge in [0.15, 0.2) is 140 Å². The Balaban J connectivity index is -0.000000894. The number of ether oxygens (including phenoxy) is 4. The summed E-state index contributed by atoms with van der Waals surface area (Å²) < 4.78 is 372. The molecule has 0 amide bonds. The minimum absolute atomic E-state index is 0. The Kier molecular flexibility index (Phi) is 71.2. The summed E-state index contributed by atoms with van der Waals surface area (Å²) in [6, 6.07) is 0.0794. The van der Waals surface area contributed by atoms with Crippen LogP contribution in [0.25, 0.3) is 20.9 Å². The minimum atomic E-state index is -2.13. The number of aliphatic hydroxyl groups is 2. The fraction of sp³-hybridized carbons (Fsp3) is 0.479. The highest BCUT2D eigenvalue weighted by Crippen LogP contribution is 2.36.